The van der Waals surface area contributed by atoms with Crippen LogP contribution in [0, 0.1) is 13.8 Å². The van der Waals surface area contributed by atoms with Gasteiger partial charge in [0, 0.05) is 23.8 Å². The van der Waals surface area contributed by atoms with Gasteiger partial charge in [-0.25, -0.2) is 0 Å². The molecule has 0 fully saturated rings. The van der Waals surface area contributed by atoms with Crippen LogP contribution in [0.4, 0.5) is 5.69 Å². The van der Waals surface area contributed by atoms with Gasteiger partial charge in [-0.2, -0.15) is 0 Å². The van der Waals surface area contributed by atoms with Crippen LogP contribution in [-0.2, 0) is 0 Å². The van der Waals surface area contributed by atoms with Crippen molar-refractivity contribution in [2.45, 2.75) is 50.7 Å². The molecule has 196 valence electrons. The molecule has 1 aliphatic carbocycles. The van der Waals surface area contributed by atoms with E-state index in [2.05, 4.69) is 21.1 Å². The lowest BCUT2D eigenvalue weighted by Crippen LogP contribution is -2.39. The number of carbonyl (C=O) groups excluding carboxylic acids is 2. The lowest BCUT2D eigenvalue weighted by atomic mass is 9.94. The molecule has 5 rings (SSSR count). The highest BCUT2D eigenvalue weighted by Crippen LogP contribution is 2.34. The maximum atomic E-state index is 12.8. The first-order valence-electron chi connectivity index (χ1n) is 12.7. The summed E-state index contributed by atoms with van der Waals surface area (Å²) in [4.78, 5) is 30.4. The number of para-hydroxylation sites is 1. The van der Waals surface area contributed by atoms with Gasteiger partial charge in [0.1, 0.15) is 11.3 Å². The van der Waals surface area contributed by atoms with Crippen LogP contribution in [0.5, 0.6) is 0 Å². The summed E-state index contributed by atoms with van der Waals surface area (Å²) in [6.45, 7) is 6.07. The molecule has 0 saturated carbocycles. The number of allylic oxidation sites excluding steroid dienone is 1. The van der Waals surface area contributed by atoms with Gasteiger partial charge >= 0.3 is 0 Å². The Hall–Kier alpha value is -3.75. The molecule has 2 aliphatic rings. The lowest BCUT2D eigenvalue weighted by Gasteiger charge is -2.25. The highest BCUT2D eigenvalue weighted by molar-refractivity contribution is 6.34. The number of aliphatic imine (C=N–C) groups is 1. The molecular formula is C29H30ClN5O3. The Morgan fingerprint density at radius 2 is 1.92 bits per heavy atom. The van der Waals surface area contributed by atoms with Gasteiger partial charge in [0.25, 0.3) is 11.8 Å². The minimum atomic E-state index is -0.335. The molecule has 1 aliphatic heterocycles. The molecule has 2 amide bonds. The van der Waals surface area contributed by atoms with Crippen LogP contribution in [0.2, 0.25) is 0 Å². The third kappa shape index (κ3) is 5.28. The topological polar surface area (TPSA) is 109 Å². The highest BCUT2D eigenvalue weighted by atomic mass is 35.5. The molecule has 9 heteroatoms. The van der Waals surface area contributed by atoms with E-state index < -0.39 is 0 Å². The van der Waals surface area contributed by atoms with Crippen molar-refractivity contribution >= 4 is 34.8 Å². The normalized spacial score (nSPS) is 22.3. The monoisotopic (exact) mass is 531 g/mol. The first-order chi connectivity index (χ1) is 18.3. The van der Waals surface area contributed by atoms with Crippen molar-refractivity contribution in [1.29, 1.82) is 0 Å². The molecular weight excluding hydrogens is 502 g/mol. The molecule has 0 radical (unpaired) electrons. The Balaban J connectivity index is 1.27. The fraction of sp³-hybridized carbons (Fsp3) is 0.310. The van der Waals surface area contributed by atoms with Crippen LogP contribution in [0.25, 0.3) is 0 Å². The minimum Gasteiger partial charge on any atom is -0.361 e. The molecule has 3 N–H and O–H groups in total. The van der Waals surface area contributed by atoms with Crippen molar-refractivity contribution in [3.63, 3.8) is 0 Å². The fourth-order valence-electron chi connectivity index (χ4n) is 5.00. The number of fused-ring (bicyclic) bond motifs is 2. The van der Waals surface area contributed by atoms with Crippen LogP contribution in [-0.4, -0.2) is 46.7 Å². The molecule has 0 saturated heterocycles. The molecule has 4 atom stereocenters. The van der Waals surface area contributed by atoms with Crippen LogP contribution in [0.15, 0.2) is 70.2 Å². The number of aromatic nitrogens is 1. The first-order valence-corrected chi connectivity index (χ1v) is 13.1. The van der Waals surface area contributed by atoms with Crippen molar-refractivity contribution in [2.24, 2.45) is 4.99 Å². The molecule has 8 nitrogen and oxygen atoms in total. The van der Waals surface area contributed by atoms with E-state index in [-0.39, 0.29) is 35.3 Å². The van der Waals surface area contributed by atoms with Gasteiger partial charge in [0.2, 0.25) is 0 Å². The zero-order valence-corrected chi connectivity index (χ0v) is 22.3. The zero-order valence-electron chi connectivity index (χ0n) is 21.5. The number of nitrogens with one attached hydrogen (secondary N) is 3. The Labute approximate surface area is 226 Å². The summed E-state index contributed by atoms with van der Waals surface area (Å²) in [5, 5.41) is 13.2. The second-order valence-electron chi connectivity index (χ2n) is 9.71. The largest absolute Gasteiger partial charge is 0.361 e. The smallest absolute Gasteiger partial charge is 0.257 e. The molecule has 0 bridgehead atoms. The molecule has 4 unspecified atom stereocenters. The van der Waals surface area contributed by atoms with Crippen molar-refractivity contribution in [3.8, 4) is 0 Å². The van der Waals surface area contributed by atoms with E-state index in [1.54, 1.807) is 13.8 Å². The molecule has 2 aromatic carbocycles. The average molecular weight is 532 g/mol. The number of benzene rings is 2. The Bertz CT molecular complexity index is 1410. The second kappa shape index (κ2) is 10.9. The average Bonchev–Trinajstić information content (AvgIpc) is 3.18. The van der Waals surface area contributed by atoms with Gasteiger partial charge in [-0.05, 0) is 56.5 Å². The van der Waals surface area contributed by atoms with Gasteiger partial charge < -0.3 is 20.5 Å². The van der Waals surface area contributed by atoms with Crippen LogP contribution >= 0.6 is 11.6 Å². The van der Waals surface area contributed by atoms with Crippen LogP contribution in [0.1, 0.15) is 62.7 Å². The number of rotatable bonds is 6. The molecule has 1 aromatic heterocycles. The fourth-order valence-corrected chi connectivity index (χ4v) is 5.32. The van der Waals surface area contributed by atoms with Crippen molar-refractivity contribution in [1.82, 2.24) is 15.8 Å². The second-order valence-corrected chi connectivity index (χ2v) is 10.2. The predicted molar refractivity (Wildman–Crippen MR) is 148 cm³/mol. The summed E-state index contributed by atoms with van der Waals surface area (Å²) in [6.07, 6.45) is 4.33. The number of amides is 2. The maximum Gasteiger partial charge on any atom is 0.257 e. The number of halogens is 1. The number of hydrogen-bond acceptors (Lipinski definition) is 6. The summed E-state index contributed by atoms with van der Waals surface area (Å²) in [5.41, 5.74) is 5.19. The highest BCUT2D eigenvalue weighted by Gasteiger charge is 2.28. The SMILES string of the molecule is Cc1noc(C)c1C(=O)NC1C=CC(=NC(C)CNC2c3ccccc3NC(=O)c3ccccc32)C(Cl)C1. The number of nitrogens with zero attached hydrogens (tertiary/aromatic N) is 2. The Morgan fingerprint density at radius 1 is 1.18 bits per heavy atom. The van der Waals surface area contributed by atoms with E-state index in [4.69, 9.17) is 21.1 Å². The predicted octanol–water partition coefficient (Wildman–Crippen LogP) is 4.73. The number of anilines is 1. The summed E-state index contributed by atoms with van der Waals surface area (Å²) >= 11 is 6.68. The molecule has 3 aromatic rings. The van der Waals surface area contributed by atoms with E-state index in [0.717, 1.165) is 22.5 Å². The third-order valence-corrected chi connectivity index (χ3v) is 7.28. The van der Waals surface area contributed by atoms with Gasteiger partial charge in [-0.15, -0.1) is 11.6 Å². The summed E-state index contributed by atoms with van der Waals surface area (Å²) in [6, 6.07) is 15.0. The summed E-state index contributed by atoms with van der Waals surface area (Å²) in [5.74, 6) is 0.151. The van der Waals surface area contributed by atoms with Gasteiger partial charge in [-0.3, -0.25) is 14.6 Å². The summed E-state index contributed by atoms with van der Waals surface area (Å²) in [7, 11) is 0. The quantitative estimate of drug-likeness (QED) is 0.398. The minimum absolute atomic E-state index is 0.0735. The summed E-state index contributed by atoms with van der Waals surface area (Å²) < 4.78 is 5.11. The number of hydrogen-bond donors (Lipinski definition) is 3. The molecule has 38 heavy (non-hydrogen) atoms. The van der Waals surface area contributed by atoms with Gasteiger partial charge in [0.15, 0.2) is 0 Å². The first kappa shape index (κ1) is 25.9. The Kier molecular flexibility index (Phi) is 7.44. The molecule has 0 spiro atoms. The zero-order chi connectivity index (χ0) is 26.8. The standard InChI is InChI=1S/C29H30ClN5O3/c1-16(32-25-13-12-19(14-23(25)30)33-29(37)26-17(2)35-38-18(26)3)15-31-27-20-8-4-5-9-21(20)28(36)34-24-11-7-6-10-22(24)27/h4-13,16,19,23,27,31H,14-15H2,1-3H3,(H,33,37)(H,34,36). The maximum absolute atomic E-state index is 12.8. The van der Waals surface area contributed by atoms with Crippen molar-refractivity contribution in [3.05, 3.63) is 94.4 Å². The van der Waals surface area contributed by atoms with E-state index in [1.165, 1.54) is 0 Å². The number of carbonyl (C=O) groups is 2. The van der Waals surface area contributed by atoms with Crippen LogP contribution < -0.4 is 16.0 Å². The van der Waals surface area contributed by atoms with E-state index >= 15 is 0 Å². The van der Waals surface area contributed by atoms with Gasteiger partial charge in [0.05, 0.1) is 28.9 Å². The van der Waals surface area contributed by atoms with E-state index in [0.29, 0.717) is 35.5 Å². The van der Waals surface area contributed by atoms with Crippen LogP contribution in [0.3, 0.4) is 0 Å². The lowest BCUT2D eigenvalue weighted by molar-refractivity contribution is 0.0940. The molecule has 2 heterocycles. The third-order valence-electron chi connectivity index (χ3n) is 6.88. The van der Waals surface area contributed by atoms with Crippen molar-refractivity contribution in [2.75, 3.05) is 11.9 Å². The number of alkyl halides is 1. The Morgan fingerprint density at radius 3 is 2.66 bits per heavy atom. The van der Waals surface area contributed by atoms with Crippen molar-refractivity contribution < 1.29 is 14.1 Å². The van der Waals surface area contributed by atoms with E-state index in [1.807, 2.05) is 67.6 Å². The van der Waals surface area contributed by atoms with Gasteiger partial charge in [-0.1, -0.05) is 47.6 Å². The van der Waals surface area contributed by atoms with E-state index in [9.17, 15) is 9.59 Å². The number of aryl methyl sites for hydroxylation is 2.